The molecule has 2 saturated heterocycles. The Kier molecular flexibility index (Phi) is 6.58. The average molecular weight is 366 g/mol. The van der Waals surface area contributed by atoms with Crippen LogP contribution in [0.1, 0.15) is 24.8 Å². The molecule has 0 aromatic heterocycles. The lowest BCUT2D eigenvalue weighted by molar-refractivity contribution is -0.158. The number of carbonyl (C=O) groups is 1. The van der Waals surface area contributed by atoms with Gasteiger partial charge in [-0.05, 0) is 18.9 Å². The SMILES string of the molecule is CNC(=O)C[C@H]1CC[C@H]2[C@@H](COC[C@H](O)CN2Cc2ccccc2F)O1. The average Bonchev–Trinajstić information content (AvgIpc) is 2.62. The van der Waals surface area contributed by atoms with Gasteiger partial charge in [-0.1, -0.05) is 18.2 Å². The number of halogens is 1. The molecule has 1 aromatic carbocycles. The summed E-state index contributed by atoms with van der Waals surface area (Å²) in [6.45, 7) is 1.40. The third-order valence-corrected chi connectivity index (χ3v) is 5.11. The normalized spacial score (nSPS) is 30.1. The lowest BCUT2D eigenvalue weighted by Crippen LogP contribution is -2.55. The van der Waals surface area contributed by atoms with Crippen molar-refractivity contribution >= 4 is 5.91 Å². The minimum atomic E-state index is -0.619. The largest absolute Gasteiger partial charge is 0.389 e. The third kappa shape index (κ3) is 4.79. The van der Waals surface area contributed by atoms with E-state index < -0.39 is 6.10 Å². The number of carbonyl (C=O) groups excluding carboxylic acids is 1. The van der Waals surface area contributed by atoms with Crippen LogP contribution in [-0.2, 0) is 20.8 Å². The van der Waals surface area contributed by atoms with E-state index in [9.17, 15) is 14.3 Å². The van der Waals surface area contributed by atoms with E-state index in [0.29, 0.717) is 31.7 Å². The predicted octanol–water partition coefficient (Wildman–Crippen LogP) is 1.07. The molecule has 0 radical (unpaired) electrons. The maximum Gasteiger partial charge on any atom is 0.222 e. The van der Waals surface area contributed by atoms with Crippen molar-refractivity contribution in [1.29, 1.82) is 0 Å². The number of amides is 1. The molecule has 6 nitrogen and oxygen atoms in total. The molecule has 4 atom stereocenters. The Morgan fingerprint density at radius 2 is 2.15 bits per heavy atom. The van der Waals surface area contributed by atoms with E-state index in [1.165, 1.54) is 6.07 Å². The first-order valence-corrected chi connectivity index (χ1v) is 9.16. The second-order valence-corrected chi connectivity index (χ2v) is 7.03. The molecule has 0 saturated carbocycles. The van der Waals surface area contributed by atoms with Gasteiger partial charge in [-0.25, -0.2) is 4.39 Å². The number of rotatable bonds is 4. The Morgan fingerprint density at radius 1 is 1.35 bits per heavy atom. The first-order chi connectivity index (χ1) is 12.6. The maximum absolute atomic E-state index is 14.1. The van der Waals surface area contributed by atoms with Crippen LogP contribution < -0.4 is 5.32 Å². The van der Waals surface area contributed by atoms with Crippen LogP contribution in [0.2, 0.25) is 0 Å². The fraction of sp³-hybridized carbons (Fsp3) is 0.632. The standard InChI is InChI=1S/C19H27FN2O4/c1-21-19(24)8-15-6-7-17-18(26-15)12-25-11-14(23)10-22(17)9-13-4-2-3-5-16(13)20/h2-5,14-15,17-18,23H,6-12H2,1H3,(H,21,24)/t14-,15-,17+,18-/m1/s1. The Morgan fingerprint density at radius 3 is 2.92 bits per heavy atom. The van der Waals surface area contributed by atoms with Gasteiger partial charge in [0.05, 0.1) is 37.9 Å². The fourth-order valence-electron chi connectivity index (χ4n) is 3.78. The van der Waals surface area contributed by atoms with Gasteiger partial charge in [0.2, 0.25) is 5.91 Å². The molecule has 2 fully saturated rings. The minimum absolute atomic E-state index is 0.0190. The number of aliphatic hydroxyl groups excluding tert-OH is 1. The molecule has 26 heavy (non-hydrogen) atoms. The summed E-state index contributed by atoms with van der Waals surface area (Å²) in [4.78, 5) is 13.7. The molecule has 2 aliphatic heterocycles. The molecule has 2 N–H and O–H groups in total. The van der Waals surface area contributed by atoms with Crippen molar-refractivity contribution in [2.45, 2.75) is 50.2 Å². The molecule has 144 valence electrons. The van der Waals surface area contributed by atoms with Crippen LogP contribution in [0.5, 0.6) is 0 Å². The van der Waals surface area contributed by atoms with Crippen LogP contribution in [0.4, 0.5) is 4.39 Å². The Hall–Kier alpha value is -1.54. The fourth-order valence-corrected chi connectivity index (χ4v) is 3.78. The van der Waals surface area contributed by atoms with Gasteiger partial charge in [0, 0.05) is 31.7 Å². The highest BCUT2D eigenvalue weighted by atomic mass is 19.1. The van der Waals surface area contributed by atoms with Crippen molar-refractivity contribution in [2.75, 3.05) is 26.8 Å². The number of ether oxygens (including phenoxy) is 2. The summed E-state index contributed by atoms with van der Waals surface area (Å²) < 4.78 is 25.8. The van der Waals surface area contributed by atoms with Crippen molar-refractivity contribution < 1.29 is 23.8 Å². The highest BCUT2D eigenvalue weighted by molar-refractivity contribution is 5.76. The van der Waals surface area contributed by atoms with E-state index in [-0.39, 0.29) is 36.6 Å². The molecule has 1 amide bonds. The summed E-state index contributed by atoms with van der Waals surface area (Å²) in [6.07, 6.45) is 0.939. The van der Waals surface area contributed by atoms with E-state index in [0.717, 1.165) is 12.8 Å². The highest BCUT2D eigenvalue weighted by Gasteiger charge is 2.38. The minimum Gasteiger partial charge on any atom is -0.389 e. The van der Waals surface area contributed by atoms with Gasteiger partial charge in [-0.15, -0.1) is 0 Å². The van der Waals surface area contributed by atoms with Crippen molar-refractivity contribution in [3.8, 4) is 0 Å². The maximum atomic E-state index is 14.1. The Bertz CT molecular complexity index is 615. The number of hydrogen-bond donors (Lipinski definition) is 2. The number of nitrogens with one attached hydrogen (secondary N) is 1. The Labute approximate surface area is 153 Å². The number of β-amino-alcohol motifs (C(OH)–C–C–N with tert-alkyl or cyclic N) is 1. The molecule has 7 heteroatoms. The molecule has 2 heterocycles. The van der Waals surface area contributed by atoms with Gasteiger partial charge in [0.1, 0.15) is 5.82 Å². The topological polar surface area (TPSA) is 71.0 Å². The van der Waals surface area contributed by atoms with Crippen LogP contribution >= 0.6 is 0 Å². The van der Waals surface area contributed by atoms with Crippen molar-refractivity contribution in [3.63, 3.8) is 0 Å². The van der Waals surface area contributed by atoms with Gasteiger partial charge >= 0.3 is 0 Å². The number of hydrogen-bond acceptors (Lipinski definition) is 5. The first kappa shape index (κ1) is 19.2. The van der Waals surface area contributed by atoms with Gasteiger partial charge < -0.3 is 19.9 Å². The summed E-state index contributed by atoms with van der Waals surface area (Å²) in [5.41, 5.74) is 0.604. The van der Waals surface area contributed by atoms with E-state index in [4.69, 9.17) is 9.47 Å². The number of benzene rings is 1. The van der Waals surface area contributed by atoms with E-state index in [1.54, 1.807) is 19.2 Å². The monoisotopic (exact) mass is 366 g/mol. The second-order valence-electron chi connectivity index (χ2n) is 7.03. The van der Waals surface area contributed by atoms with Crippen molar-refractivity contribution in [2.24, 2.45) is 0 Å². The number of fused-ring (bicyclic) bond motifs is 1. The second kappa shape index (κ2) is 8.90. The summed E-state index contributed by atoms with van der Waals surface area (Å²) in [6, 6.07) is 6.73. The van der Waals surface area contributed by atoms with Crippen molar-refractivity contribution in [1.82, 2.24) is 10.2 Å². The third-order valence-electron chi connectivity index (χ3n) is 5.11. The van der Waals surface area contributed by atoms with E-state index >= 15 is 0 Å². The van der Waals surface area contributed by atoms with Crippen molar-refractivity contribution in [3.05, 3.63) is 35.6 Å². The molecular weight excluding hydrogens is 339 g/mol. The molecule has 0 bridgehead atoms. The van der Waals surface area contributed by atoms with Crippen LogP contribution in [0, 0.1) is 5.82 Å². The summed E-state index contributed by atoms with van der Waals surface area (Å²) in [7, 11) is 1.62. The van der Waals surface area contributed by atoms with Crippen LogP contribution in [0.3, 0.4) is 0 Å². The van der Waals surface area contributed by atoms with Gasteiger partial charge in [0.15, 0.2) is 0 Å². The zero-order valence-corrected chi connectivity index (χ0v) is 15.1. The lowest BCUT2D eigenvalue weighted by Gasteiger charge is -2.44. The Balaban J connectivity index is 1.73. The summed E-state index contributed by atoms with van der Waals surface area (Å²) in [5, 5.41) is 12.8. The van der Waals surface area contributed by atoms with Gasteiger partial charge in [-0.3, -0.25) is 9.69 Å². The smallest absolute Gasteiger partial charge is 0.222 e. The molecule has 1 aromatic rings. The molecule has 0 aliphatic carbocycles. The van der Waals surface area contributed by atoms with Crippen LogP contribution in [0.25, 0.3) is 0 Å². The zero-order chi connectivity index (χ0) is 18.5. The highest BCUT2D eigenvalue weighted by Crippen LogP contribution is 2.29. The zero-order valence-electron chi connectivity index (χ0n) is 15.1. The molecular formula is C19H27FN2O4. The number of nitrogens with zero attached hydrogens (tertiary/aromatic N) is 1. The summed E-state index contributed by atoms with van der Waals surface area (Å²) in [5.74, 6) is -0.287. The lowest BCUT2D eigenvalue weighted by atomic mass is 9.94. The predicted molar refractivity (Wildman–Crippen MR) is 94.0 cm³/mol. The van der Waals surface area contributed by atoms with Crippen LogP contribution in [-0.4, -0.2) is 67.1 Å². The first-order valence-electron chi connectivity index (χ1n) is 9.16. The molecule has 0 spiro atoms. The van der Waals surface area contributed by atoms with Gasteiger partial charge in [-0.2, -0.15) is 0 Å². The molecule has 2 aliphatic rings. The molecule has 3 rings (SSSR count). The quantitative estimate of drug-likeness (QED) is 0.834. The summed E-state index contributed by atoms with van der Waals surface area (Å²) >= 11 is 0. The van der Waals surface area contributed by atoms with Gasteiger partial charge in [0.25, 0.3) is 0 Å². The number of aliphatic hydroxyl groups is 1. The van der Waals surface area contributed by atoms with E-state index in [2.05, 4.69) is 10.2 Å². The van der Waals surface area contributed by atoms with Crippen LogP contribution in [0.15, 0.2) is 24.3 Å². The van der Waals surface area contributed by atoms with E-state index in [1.807, 2.05) is 6.07 Å². The molecule has 0 unspecified atom stereocenters.